The van der Waals surface area contributed by atoms with Gasteiger partial charge in [0.15, 0.2) is 5.16 Å². The highest BCUT2D eigenvalue weighted by molar-refractivity contribution is 8.03. The summed E-state index contributed by atoms with van der Waals surface area (Å²) in [5, 5.41) is 5.33. The molecule has 0 aliphatic carbocycles. The lowest BCUT2D eigenvalue weighted by Crippen LogP contribution is -2.48. The zero-order chi connectivity index (χ0) is 25.4. The molecule has 2 N–H and O–H groups in total. The second-order valence-electron chi connectivity index (χ2n) is 6.57. The van der Waals surface area contributed by atoms with Crippen LogP contribution >= 0.6 is 69.8 Å². The van der Waals surface area contributed by atoms with Gasteiger partial charge in [0.05, 0.1) is 0 Å². The SMILES string of the molecule is O=C(NC(Sc1nccc(OC(NC(=O)c2ccccc2)C(Cl)(Cl)Cl)n1)=C(Cl)Cl)c1ccccc1. The van der Waals surface area contributed by atoms with E-state index < -0.39 is 21.8 Å². The van der Waals surface area contributed by atoms with Crippen molar-refractivity contribution < 1.29 is 14.3 Å². The molecule has 182 valence electrons. The number of amides is 2. The van der Waals surface area contributed by atoms with Gasteiger partial charge in [-0.2, -0.15) is 4.98 Å². The first-order valence-electron chi connectivity index (χ1n) is 9.65. The maximum Gasteiger partial charge on any atom is 0.256 e. The number of hydrogen-bond donors (Lipinski definition) is 2. The van der Waals surface area contributed by atoms with Gasteiger partial charge in [-0.3, -0.25) is 9.59 Å². The number of alkyl halides is 3. The van der Waals surface area contributed by atoms with Gasteiger partial charge in [0.1, 0.15) is 9.52 Å². The Bertz CT molecular complexity index is 1210. The van der Waals surface area contributed by atoms with Gasteiger partial charge in [-0.25, -0.2) is 4.98 Å². The summed E-state index contributed by atoms with van der Waals surface area (Å²) in [6, 6.07) is 18.2. The molecule has 0 saturated heterocycles. The summed E-state index contributed by atoms with van der Waals surface area (Å²) < 4.78 is 3.41. The Balaban J connectivity index is 1.74. The minimum Gasteiger partial charge on any atom is -0.449 e. The van der Waals surface area contributed by atoms with Gasteiger partial charge in [-0.1, -0.05) is 94.4 Å². The van der Waals surface area contributed by atoms with Crippen molar-refractivity contribution in [3.8, 4) is 5.88 Å². The molecule has 2 amide bonds. The molecule has 3 aromatic rings. The molecule has 13 heteroatoms. The molecule has 1 heterocycles. The lowest BCUT2D eigenvalue weighted by Gasteiger charge is -2.25. The van der Waals surface area contributed by atoms with E-state index in [1.807, 2.05) is 0 Å². The summed E-state index contributed by atoms with van der Waals surface area (Å²) in [5.41, 5.74) is 0.743. The maximum atomic E-state index is 12.5. The van der Waals surface area contributed by atoms with Crippen LogP contribution in [0.25, 0.3) is 0 Å². The van der Waals surface area contributed by atoms with Gasteiger partial charge >= 0.3 is 0 Å². The van der Waals surface area contributed by atoms with Crippen molar-refractivity contribution in [2.75, 3.05) is 0 Å². The summed E-state index contributed by atoms with van der Waals surface area (Å²) in [7, 11) is 0. The van der Waals surface area contributed by atoms with E-state index in [2.05, 4.69) is 20.6 Å². The number of benzene rings is 2. The van der Waals surface area contributed by atoms with Crippen molar-refractivity contribution in [2.45, 2.75) is 15.2 Å². The molecule has 0 bridgehead atoms. The smallest absolute Gasteiger partial charge is 0.256 e. The van der Waals surface area contributed by atoms with E-state index >= 15 is 0 Å². The number of ether oxygens (including phenoxy) is 1. The average Bonchev–Trinajstić information content (AvgIpc) is 2.84. The van der Waals surface area contributed by atoms with Crippen LogP contribution < -0.4 is 15.4 Å². The van der Waals surface area contributed by atoms with E-state index in [9.17, 15) is 9.59 Å². The summed E-state index contributed by atoms with van der Waals surface area (Å²) in [6.45, 7) is 0. The highest BCUT2D eigenvalue weighted by Gasteiger charge is 2.37. The van der Waals surface area contributed by atoms with Crippen LogP contribution in [0, 0.1) is 0 Å². The molecule has 35 heavy (non-hydrogen) atoms. The minimum atomic E-state index is -2.03. The Morgan fingerprint density at radius 1 is 0.886 bits per heavy atom. The van der Waals surface area contributed by atoms with Crippen molar-refractivity contribution in [1.82, 2.24) is 20.6 Å². The summed E-state index contributed by atoms with van der Waals surface area (Å²) >= 11 is 30.8. The van der Waals surface area contributed by atoms with Gasteiger partial charge in [-0.15, -0.1) is 0 Å². The van der Waals surface area contributed by atoms with E-state index in [4.69, 9.17) is 62.7 Å². The first-order chi connectivity index (χ1) is 16.6. The molecule has 0 aliphatic heterocycles. The molecule has 1 atom stereocenters. The Morgan fingerprint density at radius 3 is 2.00 bits per heavy atom. The molecular weight excluding hydrogens is 578 g/mol. The summed E-state index contributed by atoms with van der Waals surface area (Å²) in [6.07, 6.45) is -0.0184. The van der Waals surface area contributed by atoms with Gasteiger partial charge < -0.3 is 15.4 Å². The molecule has 7 nitrogen and oxygen atoms in total. The molecule has 2 aromatic carbocycles. The molecule has 0 saturated carbocycles. The number of carbonyl (C=O) groups is 2. The zero-order valence-electron chi connectivity index (χ0n) is 17.4. The first kappa shape index (κ1) is 27.4. The lowest BCUT2D eigenvalue weighted by molar-refractivity contribution is 0.0824. The number of hydrogen-bond acceptors (Lipinski definition) is 6. The van der Waals surface area contributed by atoms with Crippen LogP contribution in [-0.2, 0) is 0 Å². The molecule has 3 rings (SSSR count). The normalized spacial score (nSPS) is 11.8. The standard InChI is InChI=1S/C22H15Cl5N4O3S/c23-16(24)19(30-17(32)13-7-3-1-4-8-13)35-21-28-12-11-15(29-21)34-20(22(25,26)27)31-18(33)14-9-5-2-6-10-14/h1-12,20H,(H,30,32)(H,31,33). The fourth-order valence-corrected chi connectivity index (χ4v) is 3.77. The van der Waals surface area contributed by atoms with E-state index in [1.54, 1.807) is 60.7 Å². The molecule has 0 fully saturated rings. The number of carbonyl (C=O) groups excluding carboxylic acids is 2. The van der Waals surface area contributed by atoms with Gasteiger partial charge in [0, 0.05) is 23.4 Å². The first-order valence-corrected chi connectivity index (χ1v) is 12.4. The predicted molar refractivity (Wildman–Crippen MR) is 139 cm³/mol. The quantitative estimate of drug-likeness (QED) is 0.142. The predicted octanol–water partition coefficient (Wildman–Crippen LogP) is 6.11. The topological polar surface area (TPSA) is 93.2 Å². The Morgan fingerprint density at radius 2 is 1.46 bits per heavy atom. The van der Waals surface area contributed by atoms with Crippen LogP contribution in [0.5, 0.6) is 5.88 Å². The number of nitrogens with zero attached hydrogens (tertiary/aromatic N) is 2. The third-order valence-corrected chi connectivity index (χ3v) is 6.16. The molecule has 0 spiro atoms. The Hall–Kier alpha value is -2.20. The third-order valence-electron chi connectivity index (χ3n) is 4.07. The van der Waals surface area contributed by atoms with Crippen LogP contribution in [0.2, 0.25) is 0 Å². The van der Waals surface area contributed by atoms with Gasteiger partial charge in [0.25, 0.3) is 11.8 Å². The zero-order valence-corrected chi connectivity index (χ0v) is 22.0. The van der Waals surface area contributed by atoms with Gasteiger partial charge in [-0.05, 0) is 36.0 Å². The van der Waals surface area contributed by atoms with Crippen LogP contribution in [0.4, 0.5) is 0 Å². The Labute approximate surface area is 230 Å². The number of halogens is 5. The third kappa shape index (κ3) is 8.45. The summed E-state index contributed by atoms with van der Waals surface area (Å²) in [5.74, 6) is -0.973. The molecule has 1 unspecified atom stereocenters. The van der Waals surface area contributed by atoms with E-state index in [0.29, 0.717) is 11.1 Å². The molecular formula is C22H15Cl5N4O3S. The van der Waals surface area contributed by atoms with Crippen molar-refractivity contribution in [3.05, 3.63) is 93.6 Å². The van der Waals surface area contributed by atoms with Gasteiger partial charge in [0.2, 0.25) is 15.9 Å². The monoisotopic (exact) mass is 590 g/mol. The number of thioether (sulfide) groups is 1. The number of nitrogens with one attached hydrogen (secondary N) is 2. The van der Waals surface area contributed by atoms with E-state index in [0.717, 1.165) is 11.8 Å². The molecule has 0 aliphatic rings. The Kier molecular flexibility index (Phi) is 9.91. The van der Waals surface area contributed by atoms with Crippen molar-refractivity contribution in [3.63, 3.8) is 0 Å². The van der Waals surface area contributed by atoms with Crippen LogP contribution in [0.1, 0.15) is 20.7 Å². The molecule has 0 radical (unpaired) electrons. The highest BCUT2D eigenvalue weighted by Crippen LogP contribution is 2.33. The lowest BCUT2D eigenvalue weighted by atomic mass is 10.2. The second kappa shape index (κ2) is 12.7. The molecule has 1 aromatic heterocycles. The fourth-order valence-electron chi connectivity index (χ4n) is 2.50. The largest absolute Gasteiger partial charge is 0.449 e. The fraction of sp³-hybridized carbons (Fsp3) is 0.0909. The number of rotatable bonds is 8. The second-order valence-corrected chi connectivity index (χ2v) is 10.9. The number of aromatic nitrogens is 2. The minimum absolute atomic E-state index is 0.0217. The van der Waals surface area contributed by atoms with Crippen molar-refractivity contribution >= 4 is 81.6 Å². The van der Waals surface area contributed by atoms with Crippen molar-refractivity contribution in [1.29, 1.82) is 0 Å². The average molecular weight is 593 g/mol. The summed E-state index contributed by atoms with van der Waals surface area (Å²) in [4.78, 5) is 33.3. The van der Waals surface area contributed by atoms with E-state index in [-0.39, 0.29) is 20.6 Å². The van der Waals surface area contributed by atoms with Crippen LogP contribution in [-0.4, -0.2) is 31.8 Å². The maximum absolute atomic E-state index is 12.5. The highest BCUT2D eigenvalue weighted by atomic mass is 35.6. The van der Waals surface area contributed by atoms with Crippen LogP contribution in [0.15, 0.2) is 87.6 Å². The van der Waals surface area contributed by atoms with E-state index in [1.165, 1.54) is 12.3 Å². The van der Waals surface area contributed by atoms with Crippen LogP contribution in [0.3, 0.4) is 0 Å². The van der Waals surface area contributed by atoms with Crippen molar-refractivity contribution in [2.24, 2.45) is 0 Å².